The number of H-pyrrole nitrogens is 1. The van der Waals surface area contributed by atoms with Crippen molar-refractivity contribution in [2.45, 2.75) is 146 Å². The van der Waals surface area contributed by atoms with Crippen molar-refractivity contribution in [1.82, 2.24) is 35.1 Å². The molecular weight excluding hydrogens is 1730 g/mol. The van der Waals surface area contributed by atoms with Gasteiger partial charge in [-0.2, -0.15) is 5.10 Å². The number of benzene rings is 12. The van der Waals surface area contributed by atoms with Crippen LogP contribution in [0.25, 0.3) is 43.6 Å². The number of hydrogen-bond acceptors (Lipinski definition) is 19. The summed E-state index contributed by atoms with van der Waals surface area (Å²) in [5, 5.41) is 12.1. The number of halogens is 2. The zero-order chi connectivity index (χ0) is 94.0. The lowest BCUT2D eigenvalue weighted by atomic mass is 9.91. The van der Waals surface area contributed by atoms with Crippen molar-refractivity contribution in [2.24, 2.45) is 11.8 Å². The normalized spacial score (nSPS) is 11.6. The van der Waals surface area contributed by atoms with E-state index in [4.69, 9.17) is 70.6 Å². The van der Waals surface area contributed by atoms with Gasteiger partial charge in [-0.05, 0) is 184 Å². The number of nitrogens with zero attached hydrogens (tertiary/aromatic N) is 6. The van der Waals surface area contributed by atoms with Crippen LogP contribution in [0, 0.1) is 11.8 Å². The monoisotopic (exact) mass is 1840 g/mol. The van der Waals surface area contributed by atoms with Crippen molar-refractivity contribution in [1.29, 1.82) is 0 Å². The number of carbonyl (C=O) groups excluding carboxylic acids is 3. The number of pyridine rings is 4. The number of Topliss-reactive ketones (excluding diaryl/α,β-unsaturated/α-hetero) is 3. The first-order valence-corrected chi connectivity index (χ1v) is 45.8. The minimum atomic E-state index is -0.593. The van der Waals surface area contributed by atoms with Crippen molar-refractivity contribution < 1.29 is 61.8 Å². The molecule has 20 nitrogen and oxygen atoms in total. The van der Waals surface area contributed by atoms with Gasteiger partial charge in [-0.1, -0.05) is 245 Å². The molecule has 0 saturated carbocycles. The van der Waals surface area contributed by atoms with Crippen LogP contribution in [-0.4, -0.2) is 64.7 Å². The van der Waals surface area contributed by atoms with Crippen LogP contribution >= 0.6 is 23.2 Å². The van der Waals surface area contributed by atoms with Gasteiger partial charge in [-0.25, -0.2) is 24.9 Å². The zero-order valence-corrected chi connectivity index (χ0v) is 78.0. The molecule has 686 valence electrons. The fourth-order valence-electron chi connectivity index (χ4n) is 14.7. The summed E-state index contributed by atoms with van der Waals surface area (Å²) in [6, 6.07) is 106. The van der Waals surface area contributed by atoms with Gasteiger partial charge in [0.05, 0.1) is 54.9 Å². The van der Waals surface area contributed by atoms with Gasteiger partial charge >= 0.3 is 0 Å². The number of rotatable bonds is 39. The molecule has 12 aromatic carbocycles. The maximum absolute atomic E-state index is 12.1. The summed E-state index contributed by atoms with van der Waals surface area (Å²) in [7, 11) is 0. The van der Waals surface area contributed by atoms with Crippen molar-refractivity contribution in [3.63, 3.8) is 0 Å². The van der Waals surface area contributed by atoms with E-state index >= 15 is 0 Å². The van der Waals surface area contributed by atoms with E-state index < -0.39 is 12.2 Å². The lowest BCUT2D eigenvalue weighted by molar-refractivity contribution is -0.124. The van der Waals surface area contributed by atoms with Crippen molar-refractivity contribution in [3.05, 3.63) is 406 Å². The quantitative estimate of drug-likeness (QED) is 0.0377. The van der Waals surface area contributed by atoms with E-state index in [1.165, 1.54) is 18.8 Å². The van der Waals surface area contributed by atoms with E-state index in [1.807, 2.05) is 261 Å². The van der Waals surface area contributed by atoms with Crippen LogP contribution in [0.3, 0.4) is 0 Å². The van der Waals surface area contributed by atoms with Gasteiger partial charge in [0.1, 0.15) is 128 Å². The minimum absolute atomic E-state index is 0.0266. The number of ketones is 3. The second-order valence-electron chi connectivity index (χ2n) is 32.9. The molecule has 17 aromatic rings. The van der Waals surface area contributed by atoms with E-state index in [-0.39, 0.29) is 36.5 Å². The largest absolute Gasteiger partial charge is 0.489 e. The molecule has 0 bridgehead atoms. The van der Waals surface area contributed by atoms with E-state index in [1.54, 1.807) is 32.9 Å². The Bertz CT molecular complexity index is 6800. The van der Waals surface area contributed by atoms with Crippen molar-refractivity contribution in [2.75, 3.05) is 0 Å². The maximum Gasteiger partial charge on any atom is 0.170 e. The van der Waals surface area contributed by atoms with E-state index in [0.29, 0.717) is 103 Å². The number of carbonyl (C=O) groups is 3. The number of hydrogen-bond donors (Lipinski definition) is 1. The predicted octanol–water partition coefficient (Wildman–Crippen LogP) is 25.9. The summed E-state index contributed by atoms with van der Waals surface area (Å²) in [5.74, 6) is 7.96. The first-order chi connectivity index (χ1) is 65.8. The van der Waals surface area contributed by atoms with Gasteiger partial charge in [0, 0.05) is 69.3 Å². The van der Waals surface area contributed by atoms with Crippen LogP contribution in [0.15, 0.2) is 334 Å². The Balaban J connectivity index is 0.000000144. The molecule has 135 heavy (non-hydrogen) atoms. The number of para-hydroxylation sites is 6. The molecule has 3 unspecified atom stereocenters. The number of aromatic nitrogens is 7. The number of fused-ring (bicyclic) bond motifs is 4. The Labute approximate surface area is 796 Å². The second-order valence-corrected chi connectivity index (χ2v) is 33.7. The Hall–Kier alpha value is -15.0. The third-order valence-corrected chi connectivity index (χ3v) is 22.6. The molecule has 0 aliphatic heterocycles. The standard InChI is InChI=1S/C30H30ClNO4.C30H31NO3.C27H24ClNO4.C26H22N4O2/c1-20(2)16-29(21(3)33)36-30-23(9-6-12-27(30)31)18-34-25-10-7-11-26(17-25)35-19-24-15-14-22-8-4-5-13-28(22)32-24;1-3-8-26(22(2)32)18-23-9-6-10-24(17-23)20-33-28-12-7-13-29(19-28)34-21-27-16-15-25-11-4-5-14-30(25)31-27;1-18(30)19(2)33-27-21(8-5-11-25(27)28)16-31-23-9-6-10-24(15-23)32-17-22-14-13-20-7-3-4-12-26(20)29-22;1-2-8-21(20(7-1)14-26-27-18-28-30-26)16-31-23-9-5-10-24(15-23)32-17-22-13-12-19-6-3-4-11-25(19)29-22/h4-15,17,20,29H,16,18-19H2,1-3H3;4-7,9-17,19,26H,3,8,18,20-21H2,1-2H3;3-15,19H,16-17H2,1-2H3;1-13,15,18H,14,16-17H2,(H,27,28,30). The molecule has 5 aromatic heterocycles. The average molecular weight is 1840 g/mol. The zero-order valence-electron chi connectivity index (χ0n) is 76.5. The Morgan fingerprint density at radius 1 is 0.341 bits per heavy atom. The summed E-state index contributed by atoms with van der Waals surface area (Å²) in [5.41, 5.74) is 13.3. The molecule has 17 rings (SSSR count). The van der Waals surface area contributed by atoms with Crippen LogP contribution < -0.4 is 47.4 Å². The van der Waals surface area contributed by atoms with Crippen LogP contribution in [0.2, 0.25) is 10.0 Å². The van der Waals surface area contributed by atoms with Crippen LogP contribution in [-0.2, 0) is 80.1 Å². The van der Waals surface area contributed by atoms with Gasteiger partial charge in [0.15, 0.2) is 23.8 Å². The first-order valence-electron chi connectivity index (χ1n) is 45.0. The second kappa shape index (κ2) is 48.9. The van der Waals surface area contributed by atoms with Gasteiger partial charge in [0.2, 0.25) is 0 Å². The van der Waals surface area contributed by atoms with Gasteiger partial charge in [0.25, 0.3) is 0 Å². The molecular formula is C113H107Cl2N7O13. The van der Waals surface area contributed by atoms with Crippen molar-refractivity contribution in [3.8, 4) is 57.5 Å². The van der Waals surface area contributed by atoms with Crippen molar-refractivity contribution >= 4 is 84.2 Å². The lowest BCUT2D eigenvalue weighted by Gasteiger charge is -2.21. The van der Waals surface area contributed by atoms with E-state index in [9.17, 15) is 14.4 Å². The third kappa shape index (κ3) is 29.3. The number of ether oxygens (including phenoxy) is 10. The first kappa shape index (κ1) is 96.1. The molecule has 0 radical (unpaired) electrons. The lowest BCUT2D eigenvalue weighted by Crippen LogP contribution is -2.27. The summed E-state index contributed by atoms with van der Waals surface area (Å²) >= 11 is 12.7. The molecule has 3 atom stereocenters. The SMILES string of the molecule is CC(=O)C(C)Oc1c(Cl)cccc1COc1cccc(OCc2ccc3ccccc3n2)c1.CC(=O)C(CC(C)C)Oc1c(Cl)cccc1COc1cccc(OCc2ccc3ccccc3n2)c1.CCCC(Cc1cccc(COc2cccc(OCc3ccc4ccccc4n3)c2)c1)C(C)=O.c1cc(OCc2ccc3ccccc3n2)cc(OCc2ccccc2Cc2ncn[nH]2)c1. The predicted molar refractivity (Wildman–Crippen MR) is 530 cm³/mol. The molecule has 0 fully saturated rings. The van der Waals surface area contributed by atoms with Crippen LogP contribution in [0.5, 0.6) is 57.5 Å². The highest BCUT2D eigenvalue weighted by Crippen LogP contribution is 2.36. The van der Waals surface area contributed by atoms with Gasteiger partial charge in [-0.3, -0.25) is 19.5 Å². The smallest absolute Gasteiger partial charge is 0.170 e. The molecule has 1 N–H and O–H groups in total. The third-order valence-electron chi connectivity index (χ3n) is 22.0. The highest BCUT2D eigenvalue weighted by atomic mass is 35.5. The summed E-state index contributed by atoms with van der Waals surface area (Å²) in [6.07, 6.45) is 4.40. The molecule has 0 saturated heterocycles. The molecule has 5 heterocycles. The average Bonchev–Trinajstić information content (AvgIpc) is 1.15. The summed E-state index contributed by atoms with van der Waals surface area (Å²) in [6.45, 7) is 15.5. The fraction of sp³-hybridized carbons (Fsp3) is 0.212. The van der Waals surface area contributed by atoms with E-state index in [0.717, 1.165) is 142 Å². The minimum Gasteiger partial charge on any atom is -0.489 e. The van der Waals surface area contributed by atoms with Crippen LogP contribution in [0.1, 0.15) is 130 Å². The molecule has 0 aliphatic carbocycles. The Morgan fingerprint density at radius 3 is 1.07 bits per heavy atom. The Morgan fingerprint density at radius 2 is 0.689 bits per heavy atom. The number of nitrogens with one attached hydrogen (secondary N) is 1. The van der Waals surface area contributed by atoms with E-state index in [2.05, 4.69) is 110 Å². The maximum atomic E-state index is 12.1. The summed E-state index contributed by atoms with van der Waals surface area (Å²) < 4.78 is 59.8. The highest BCUT2D eigenvalue weighted by molar-refractivity contribution is 6.32. The topological polar surface area (TPSA) is 237 Å². The van der Waals surface area contributed by atoms with Gasteiger partial charge < -0.3 is 47.4 Å². The fourth-order valence-corrected chi connectivity index (χ4v) is 15.1. The number of aromatic amines is 1. The molecule has 22 heteroatoms. The van der Waals surface area contributed by atoms with Crippen LogP contribution in [0.4, 0.5) is 0 Å². The Kier molecular flexibility index (Phi) is 34.8. The molecule has 0 aliphatic rings. The molecule has 0 amide bonds. The van der Waals surface area contributed by atoms with Gasteiger partial charge in [-0.15, -0.1) is 0 Å². The highest BCUT2D eigenvalue weighted by Gasteiger charge is 2.23. The molecule has 0 spiro atoms. The summed E-state index contributed by atoms with van der Waals surface area (Å²) in [4.78, 5) is 58.5.